The van der Waals surface area contributed by atoms with Gasteiger partial charge in [0.25, 0.3) is 0 Å². The molecule has 162 valence electrons. The summed E-state index contributed by atoms with van der Waals surface area (Å²) < 4.78 is 2.17. The van der Waals surface area contributed by atoms with Gasteiger partial charge in [-0.25, -0.2) is 9.97 Å². The molecule has 0 bridgehead atoms. The van der Waals surface area contributed by atoms with Crippen molar-refractivity contribution in [1.82, 2.24) is 19.4 Å². The van der Waals surface area contributed by atoms with Gasteiger partial charge in [0.2, 0.25) is 0 Å². The Hall–Kier alpha value is -4.57. The van der Waals surface area contributed by atoms with Crippen molar-refractivity contribution < 1.29 is 0 Å². The number of pyridine rings is 3. The van der Waals surface area contributed by atoms with E-state index in [0.29, 0.717) is 0 Å². The monoisotopic (exact) mass is 446 g/mol. The van der Waals surface area contributed by atoms with Crippen LogP contribution in [0.25, 0.3) is 60.7 Å². The van der Waals surface area contributed by atoms with Crippen molar-refractivity contribution in [2.45, 2.75) is 12.8 Å². The van der Waals surface area contributed by atoms with Crippen molar-refractivity contribution in [1.29, 1.82) is 0 Å². The van der Waals surface area contributed by atoms with Gasteiger partial charge in [0.1, 0.15) is 11.2 Å². The topological polar surface area (TPSA) is 43.1 Å². The second kappa shape index (κ2) is 6.10. The van der Waals surface area contributed by atoms with E-state index in [2.05, 4.69) is 69.0 Å². The van der Waals surface area contributed by atoms with Gasteiger partial charge in [-0.15, -0.1) is 0 Å². The third-order valence-electron chi connectivity index (χ3n) is 7.96. The van der Waals surface area contributed by atoms with Crippen molar-refractivity contribution in [2.75, 3.05) is 0 Å². The number of benzene rings is 3. The predicted octanol–water partition coefficient (Wildman–Crippen LogP) is 6.73. The zero-order chi connectivity index (χ0) is 22.7. The third-order valence-corrected chi connectivity index (χ3v) is 7.96. The van der Waals surface area contributed by atoms with E-state index in [-0.39, 0.29) is 0 Å². The molecule has 0 saturated carbocycles. The van der Waals surface area contributed by atoms with Crippen LogP contribution in [0.15, 0.2) is 85.3 Å². The Morgan fingerprint density at radius 3 is 2.51 bits per heavy atom. The molecule has 0 radical (unpaired) electrons. The van der Waals surface area contributed by atoms with Crippen LogP contribution in [-0.4, -0.2) is 19.4 Å². The summed E-state index contributed by atoms with van der Waals surface area (Å²) in [7, 11) is 0. The normalized spacial score (nSPS) is 13.5. The number of rotatable bonds is 0. The molecule has 0 unspecified atom stereocenters. The summed E-state index contributed by atoms with van der Waals surface area (Å²) in [5, 5.41) is 3.67. The quantitative estimate of drug-likeness (QED) is 0.243. The van der Waals surface area contributed by atoms with Crippen molar-refractivity contribution in [2.24, 2.45) is 0 Å². The SMILES string of the molecule is c1ccc2c(c1)Cc1cc3c(cc1-2)Cc1c-3ccc2c1c1ccncc1n1c3ncccc3nc21. The highest BCUT2D eigenvalue weighted by atomic mass is 15.1. The van der Waals surface area contributed by atoms with Crippen LogP contribution in [0.5, 0.6) is 0 Å². The van der Waals surface area contributed by atoms with Crippen LogP contribution in [0.1, 0.15) is 22.3 Å². The molecule has 0 saturated heterocycles. The van der Waals surface area contributed by atoms with Gasteiger partial charge in [-0.05, 0) is 99.1 Å². The molecule has 7 aromatic rings. The maximum absolute atomic E-state index is 5.02. The number of nitrogens with zero attached hydrogens (tertiary/aromatic N) is 4. The molecule has 0 N–H and O–H groups in total. The maximum Gasteiger partial charge on any atom is 0.165 e. The minimum absolute atomic E-state index is 0.876. The Morgan fingerprint density at radius 1 is 0.657 bits per heavy atom. The minimum Gasteiger partial charge on any atom is -0.274 e. The highest BCUT2D eigenvalue weighted by Crippen LogP contribution is 2.47. The number of fused-ring (bicyclic) bond motifs is 15. The lowest BCUT2D eigenvalue weighted by atomic mass is 9.96. The minimum atomic E-state index is 0.876. The summed E-state index contributed by atoms with van der Waals surface area (Å²) in [6.07, 6.45) is 7.63. The molecule has 4 heteroatoms. The first-order valence-corrected chi connectivity index (χ1v) is 12.0. The van der Waals surface area contributed by atoms with Crippen LogP contribution in [0.3, 0.4) is 0 Å². The smallest absolute Gasteiger partial charge is 0.165 e. The fraction of sp³-hybridized carbons (Fsp3) is 0.0645. The summed E-state index contributed by atoms with van der Waals surface area (Å²) in [6, 6.07) is 24.4. The van der Waals surface area contributed by atoms with Crippen LogP contribution in [0.4, 0.5) is 0 Å². The standard InChI is InChI=1S/C31H18N4/c1-2-5-20-17(4-1)12-18-13-25-19(14-24(18)20)15-26-21(25)7-8-23-29(26)22-9-11-32-16-28(22)35-30(23)34-27-6-3-10-33-31(27)35/h1-11,13-14,16H,12,15H2. The first kappa shape index (κ1) is 17.8. The van der Waals surface area contributed by atoms with Gasteiger partial charge in [0.05, 0.1) is 11.7 Å². The zero-order valence-corrected chi connectivity index (χ0v) is 18.8. The van der Waals surface area contributed by atoms with E-state index in [4.69, 9.17) is 4.98 Å². The van der Waals surface area contributed by atoms with E-state index in [1.54, 1.807) is 0 Å². The zero-order valence-electron chi connectivity index (χ0n) is 18.8. The lowest BCUT2D eigenvalue weighted by Crippen LogP contribution is -1.95. The third kappa shape index (κ3) is 2.15. The predicted molar refractivity (Wildman–Crippen MR) is 140 cm³/mol. The van der Waals surface area contributed by atoms with Crippen LogP contribution in [-0.2, 0) is 12.8 Å². The molecule has 3 aromatic carbocycles. The van der Waals surface area contributed by atoms with Gasteiger partial charge in [-0.1, -0.05) is 30.3 Å². The van der Waals surface area contributed by atoms with Crippen molar-refractivity contribution in [3.63, 3.8) is 0 Å². The van der Waals surface area contributed by atoms with Crippen molar-refractivity contribution in [3.05, 3.63) is 108 Å². The van der Waals surface area contributed by atoms with Crippen LogP contribution in [0, 0.1) is 0 Å². The summed E-state index contributed by atoms with van der Waals surface area (Å²) in [5.41, 5.74) is 15.0. The van der Waals surface area contributed by atoms with Gasteiger partial charge >= 0.3 is 0 Å². The lowest BCUT2D eigenvalue weighted by molar-refractivity contribution is 1.22. The van der Waals surface area contributed by atoms with Gasteiger partial charge in [0.15, 0.2) is 5.65 Å². The van der Waals surface area contributed by atoms with E-state index >= 15 is 0 Å². The summed E-state index contributed by atoms with van der Waals surface area (Å²) in [6.45, 7) is 0. The van der Waals surface area contributed by atoms with E-state index in [0.717, 1.165) is 35.2 Å². The van der Waals surface area contributed by atoms with Gasteiger partial charge in [-0.2, -0.15) is 0 Å². The lowest BCUT2D eigenvalue weighted by Gasteiger charge is -2.12. The number of hydrogen-bond donors (Lipinski definition) is 0. The average Bonchev–Trinajstić information content (AvgIpc) is 3.58. The Morgan fingerprint density at radius 2 is 1.54 bits per heavy atom. The molecular weight excluding hydrogens is 428 g/mol. The van der Waals surface area contributed by atoms with Crippen LogP contribution < -0.4 is 0 Å². The molecule has 9 rings (SSSR count). The Labute approximate surface area is 200 Å². The van der Waals surface area contributed by atoms with E-state index < -0.39 is 0 Å². The molecule has 0 atom stereocenters. The molecule has 2 aliphatic carbocycles. The molecular formula is C31H18N4. The molecule has 2 aliphatic rings. The highest BCUT2D eigenvalue weighted by molar-refractivity contribution is 6.17. The number of imidazole rings is 1. The second-order valence-corrected chi connectivity index (χ2v) is 9.70. The maximum atomic E-state index is 5.02. The first-order valence-electron chi connectivity index (χ1n) is 12.0. The van der Waals surface area contributed by atoms with Crippen LogP contribution >= 0.6 is 0 Å². The van der Waals surface area contributed by atoms with E-state index in [1.165, 1.54) is 60.7 Å². The molecule has 4 aromatic heterocycles. The average molecular weight is 447 g/mol. The summed E-state index contributed by atoms with van der Waals surface area (Å²) >= 11 is 0. The van der Waals surface area contributed by atoms with Gasteiger partial charge in [0, 0.05) is 23.2 Å². The van der Waals surface area contributed by atoms with Crippen LogP contribution in [0.2, 0.25) is 0 Å². The molecule has 35 heavy (non-hydrogen) atoms. The Balaban J connectivity index is 1.38. The first-order chi connectivity index (χ1) is 17.3. The number of hydrogen-bond acceptors (Lipinski definition) is 3. The van der Waals surface area contributed by atoms with Gasteiger partial charge < -0.3 is 0 Å². The Bertz CT molecular complexity index is 2070. The second-order valence-electron chi connectivity index (χ2n) is 9.70. The van der Waals surface area contributed by atoms with Crippen molar-refractivity contribution >= 4 is 38.5 Å². The molecule has 0 spiro atoms. The molecule has 0 aliphatic heterocycles. The largest absolute Gasteiger partial charge is 0.274 e. The fourth-order valence-electron chi connectivity index (χ4n) is 6.49. The Kier molecular flexibility index (Phi) is 3.11. The highest BCUT2D eigenvalue weighted by Gasteiger charge is 2.27. The van der Waals surface area contributed by atoms with E-state index in [9.17, 15) is 0 Å². The molecule has 0 fully saturated rings. The van der Waals surface area contributed by atoms with E-state index in [1.807, 2.05) is 30.7 Å². The fourth-order valence-corrected chi connectivity index (χ4v) is 6.49. The molecule has 0 amide bonds. The number of aromatic nitrogens is 4. The van der Waals surface area contributed by atoms with Gasteiger partial charge in [-0.3, -0.25) is 9.38 Å². The van der Waals surface area contributed by atoms with Crippen molar-refractivity contribution in [3.8, 4) is 22.3 Å². The molecule has 4 nitrogen and oxygen atoms in total. The summed E-state index contributed by atoms with van der Waals surface area (Å²) in [5.74, 6) is 0. The summed E-state index contributed by atoms with van der Waals surface area (Å²) in [4.78, 5) is 14.2. The molecule has 4 heterocycles.